The van der Waals surface area contributed by atoms with Gasteiger partial charge < -0.3 is 14.6 Å². The lowest BCUT2D eigenvalue weighted by Gasteiger charge is -2.19. The van der Waals surface area contributed by atoms with Crippen molar-refractivity contribution in [3.63, 3.8) is 0 Å². The second-order valence-electron chi connectivity index (χ2n) is 4.59. The Labute approximate surface area is 111 Å². The summed E-state index contributed by atoms with van der Waals surface area (Å²) in [4.78, 5) is 0. The Bertz CT molecular complexity index is 410. The number of aliphatic hydroxyl groups is 1. The number of hydrogen-bond donors (Lipinski definition) is 1. The van der Waals surface area contributed by atoms with Crippen LogP contribution in [-0.2, 0) is 11.2 Å². The van der Waals surface area contributed by atoms with Gasteiger partial charge in [-0.05, 0) is 36.1 Å². The summed E-state index contributed by atoms with van der Waals surface area (Å²) in [6, 6.07) is 5.58. The van der Waals surface area contributed by atoms with Crippen LogP contribution in [0.15, 0.2) is 18.2 Å². The van der Waals surface area contributed by atoms with Crippen LogP contribution >= 0.6 is 0 Å². The molecule has 0 aliphatic carbocycles. The van der Waals surface area contributed by atoms with Gasteiger partial charge in [0.2, 0.25) is 0 Å². The maximum absolute atomic E-state index is 11.9. The summed E-state index contributed by atoms with van der Waals surface area (Å²) in [6.45, 7) is 0.278. The Morgan fingerprint density at radius 2 is 2.21 bits per heavy atom. The lowest BCUT2D eigenvalue weighted by atomic mass is 9.99. The zero-order valence-corrected chi connectivity index (χ0v) is 10.6. The zero-order valence-electron chi connectivity index (χ0n) is 10.6. The molecule has 2 rings (SSSR count). The minimum Gasteiger partial charge on any atom is -0.493 e. The molecule has 1 aliphatic heterocycles. The fourth-order valence-corrected chi connectivity index (χ4v) is 2.12. The molecule has 1 aliphatic rings. The molecule has 0 aromatic heterocycles. The van der Waals surface area contributed by atoms with Crippen molar-refractivity contribution in [1.82, 2.24) is 0 Å². The fourth-order valence-electron chi connectivity index (χ4n) is 2.12. The third kappa shape index (κ3) is 4.14. The number of halogens is 2. The first kappa shape index (κ1) is 14.2. The van der Waals surface area contributed by atoms with E-state index in [4.69, 9.17) is 9.47 Å². The van der Waals surface area contributed by atoms with Gasteiger partial charge in [0.1, 0.15) is 12.4 Å². The van der Waals surface area contributed by atoms with Gasteiger partial charge in [0.25, 0.3) is 6.43 Å². The average molecular weight is 272 g/mol. The second-order valence-corrected chi connectivity index (χ2v) is 4.59. The molecule has 3 nitrogen and oxygen atoms in total. The van der Waals surface area contributed by atoms with Crippen molar-refractivity contribution >= 4 is 0 Å². The van der Waals surface area contributed by atoms with E-state index in [1.807, 2.05) is 18.2 Å². The van der Waals surface area contributed by atoms with E-state index in [1.165, 1.54) is 0 Å². The van der Waals surface area contributed by atoms with Crippen molar-refractivity contribution in [2.75, 3.05) is 19.8 Å². The maximum atomic E-state index is 11.9. The van der Waals surface area contributed by atoms with Crippen LogP contribution in [0.4, 0.5) is 8.78 Å². The van der Waals surface area contributed by atoms with Crippen molar-refractivity contribution in [1.29, 1.82) is 0 Å². The summed E-state index contributed by atoms with van der Waals surface area (Å²) in [5, 5.41) is 9.98. The zero-order chi connectivity index (χ0) is 13.7. The highest BCUT2D eigenvalue weighted by atomic mass is 19.3. The summed E-state index contributed by atoms with van der Waals surface area (Å²) in [5.74, 6) is 0.871. The molecule has 1 N–H and O–H groups in total. The topological polar surface area (TPSA) is 38.7 Å². The second kappa shape index (κ2) is 6.82. The highest BCUT2D eigenvalue weighted by molar-refractivity contribution is 5.39. The molecule has 1 aromatic rings. The molecule has 0 spiro atoms. The molecule has 1 heterocycles. The Hall–Kier alpha value is -1.20. The predicted octanol–water partition coefficient (Wildman–Crippen LogP) is 2.72. The van der Waals surface area contributed by atoms with Crippen LogP contribution in [0.2, 0.25) is 0 Å². The molecule has 1 atom stereocenters. The molecule has 106 valence electrons. The molecule has 0 saturated heterocycles. The molecule has 0 fully saturated rings. The number of benzene rings is 1. The average Bonchev–Trinajstić information content (AvgIpc) is 2.42. The van der Waals surface area contributed by atoms with Crippen LogP contribution in [0.5, 0.6) is 5.75 Å². The third-order valence-electron chi connectivity index (χ3n) is 3.10. The van der Waals surface area contributed by atoms with Gasteiger partial charge in [-0.25, -0.2) is 8.78 Å². The van der Waals surface area contributed by atoms with Crippen molar-refractivity contribution < 1.29 is 23.4 Å². The smallest absolute Gasteiger partial charge is 0.261 e. The summed E-state index contributed by atoms with van der Waals surface area (Å²) < 4.78 is 34.0. The molecule has 0 amide bonds. The molecule has 5 heteroatoms. The standard InChI is InChI=1S/C14H18F2O3/c15-14(16)9-18-7-5-12(17)10-3-4-13-11(8-10)2-1-6-19-13/h3-4,8,12,14,17H,1-2,5-7,9H2. The van der Waals surface area contributed by atoms with Crippen LogP contribution < -0.4 is 4.74 Å². The molecule has 1 unspecified atom stereocenters. The Balaban J connectivity index is 1.86. The van der Waals surface area contributed by atoms with Crippen molar-refractivity contribution in [3.05, 3.63) is 29.3 Å². The SMILES string of the molecule is OC(CCOCC(F)F)c1ccc2c(c1)CCCO2. The molecule has 0 saturated carbocycles. The molecule has 1 aromatic carbocycles. The van der Waals surface area contributed by atoms with E-state index < -0.39 is 19.1 Å². The number of alkyl halides is 2. The van der Waals surface area contributed by atoms with Gasteiger partial charge in [-0.15, -0.1) is 0 Å². The Morgan fingerprint density at radius 1 is 1.37 bits per heavy atom. The van der Waals surface area contributed by atoms with E-state index in [0.717, 1.165) is 36.3 Å². The van der Waals surface area contributed by atoms with Crippen LogP contribution in [0.25, 0.3) is 0 Å². The highest BCUT2D eigenvalue weighted by Crippen LogP contribution is 2.28. The minimum absolute atomic E-state index is 0.124. The number of aryl methyl sites for hydroxylation is 1. The van der Waals surface area contributed by atoms with Gasteiger partial charge in [-0.3, -0.25) is 0 Å². The lowest BCUT2D eigenvalue weighted by Crippen LogP contribution is -2.11. The molecule has 0 bridgehead atoms. The van der Waals surface area contributed by atoms with Gasteiger partial charge in [-0.2, -0.15) is 0 Å². The highest BCUT2D eigenvalue weighted by Gasteiger charge is 2.14. The Kier molecular flexibility index (Phi) is 5.10. The summed E-state index contributed by atoms with van der Waals surface area (Å²) >= 11 is 0. The predicted molar refractivity (Wildman–Crippen MR) is 66.7 cm³/mol. The number of fused-ring (bicyclic) bond motifs is 1. The van der Waals surface area contributed by atoms with Gasteiger partial charge in [0.05, 0.1) is 12.7 Å². The van der Waals surface area contributed by atoms with E-state index in [-0.39, 0.29) is 6.61 Å². The van der Waals surface area contributed by atoms with Crippen LogP contribution in [0.1, 0.15) is 30.1 Å². The maximum Gasteiger partial charge on any atom is 0.261 e. The number of rotatable bonds is 6. The summed E-state index contributed by atoms with van der Waals surface area (Å²) in [6.07, 6.45) is -0.920. The van der Waals surface area contributed by atoms with Gasteiger partial charge in [0, 0.05) is 13.0 Å². The van der Waals surface area contributed by atoms with E-state index in [1.54, 1.807) is 0 Å². The Morgan fingerprint density at radius 3 is 3.00 bits per heavy atom. The molecular formula is C14H18F2O3. The minimum atomic E-state index is -2.46. The molecule has 19 heavy (non-hydrogen) atoms. The van der Waals surface area contributed by atoms with Crippen LogP contribution in [0.3, 0.4) is 0 Å². The van der Waals surface area contributed by atoms with E-state index in [2.05, 4.69) is 0 Å². The normalized spacial score (nSPS) is 16.0. The van der Waals surface area contributed by atoms with E-state index >= 15 is 0 Å². The van der Waals surface area contributed by atoms with Gasteiger partial charge in [0.15, 0.2) is 0 Å². The number of ether oxygens (including phenoxy) is 2. The summed E-state index contributed by atoms with van der Waals surface area (Å²) in [7, 11) is 0. The molecular weight excluding hydrogens is 254 g/mol. The first-order chi connectivity index (χ1) is 9.16. The van der Waals surface area contributed by atoms with Crippen molar-refractivity contribution in [3.8, 4) is 5.75 Å². The monoisotopic (exact) mass is 272 g/mol. The largest absolute Gasteiger partial charge is 0.493 e. The fraction of sp³-hybridized carbons (Fsp3) is 0.571. The first-order valence-corrected chi connectivity index (χ1v) is 6.46. The van der Waals surface area contributed by atoms with E-state index in [9.17, 15) is 13.9 Å². The number of hydrogen-bond acceptors (Lipinski definition) is 3. The van der Waals surface area contributed by atoms with Crippen LogP contribution in [0, 0.1) is 0 Å². The van der Waals surface area contributed by atoms with E-state index in [0.29, 0.717) is 6.42 Å². The lowest BCUT2D eigenvalue weighted by molar-refractivity contribution is 0.00480. The third-order valence-corrected chi connectivity index (χ3v) is 3.10. The summed E-state index contributed by atoms with van der Waals surface area (Å²) in [5.41, 5.74) is 1.88. The van der Waals surface area contributed by atoms with Crippen molar-refractivity contribution in [2.24, 2.45) is 0 Å². The van der Waals surface area contributed by atoms with Gasteiger partial charge >= 0.3 is 0 Å². The first-order valence-electron chi connectivity index (χ1n) is 6.46. The van der Waals surface area contributed by atoms with Gasteiger partial charge in [-0.1, -0.05) is 6.07 Å². The van der Waals surface area contributed by atoms with Crippen LogP contribution in [-0.4, -0.2) is 31.4 Å². The molecule has 0 radical (unpaired) electrons. The quantitative estimate of drug-likeness (QED) is 0.809. The number of aliphatic hydroxyl groups excluding tert-OH is 1. The van der Waals surface area contributed by atoms with Crippen molar-refractivity contribution in [2.45, 2.75) is 31.8 Å².